The van der Waals surface area contributed by atoms with Crippen molar-refractivity contribution in [1.82, 2.24) is 0 Å². The molecule has 18 heavy (non-hydrogen) atoms. The zero-order valence-corrected chi connectivity index (χ0v) is 8.12. The number of carbonyl (C=O) groups excluding carboxylic acids is 2. The molecule has 3 atom stereocenters. The first-order valence-electron chi connectivity index (χ1n) is 4.15. The first kappa shape index (κ1) is 14.4. The average molecular weight is 274 g/mol. The Morgan fingerprint density at radius 3 is 1.72 bits per heavy atom. The van der Waals surface area contributed by atoms with Crippen LogP contribution in [0, 0.1) is 0 Å². The summed E-state index contributed by atoms with van der Waals surface area (Å²) in [4.78, 5) is 20.6. The Morgan fingerprint density at radius 2 is 1.39 bits per heavy atom. The predicted octanol–water partition coefficient (Wildman–Crippen LogP) is -2.23. The van der Waals surface area contributed by atoms with E-state index >= 15 is 0 Å². The van der Waals surface area contributed by atoms with Crippen LogP contribution in [0.2, 0.25) is 0 Å². The Labute approximate surface area is 95.1 Å². The number of aliphatic hydroxyl groups is 1. The van der Waals surface area contributed by atoms with Gasteiger partial charge in [0.2, 0.25) is 5.67 Å². The zero-order chi connectivity index (χ0) is 14.6. The highest BCUT2D eigenvalue weighted by molar-refractivity contribution is 5.93. The highest BCUT2D eigenvalue weighted by Gasteiger charge is 2.78. The van der Waals surface area contributed by atoms with E-state index in [1.54, 1.807) is 0 Å². The van der Waals surface area contributed by atoms with Gasteiger partial charge in [0, 0.05) is 0 Å². The van der Waals surface area contributed by atoms with E-state index in [2.05, 4.69) is 0 Å². The van der Waals surface area contributed by atoms with E-state index in [-0.39, 0.29) is 0 Å². The van der Waals surface area contributed by atoms with E-state index in [9.17, 15) is 41.8 Å². The number of aliphatic carboxylic acids is 2. The number of carboxylic acid groups (broad SMARTS) is 2. The van der Waals surface area contributed by atoms with Crippen molar-refractivity contribution in [3.05, 3.63) is 12.2 Å². The number of hydrogen-bond acceptors (Lipinski definition) is 5. The summed E-state index contributed by atoms with van der Waals surface area (Å²) in [5, 5.41) is 29.2. The van der Waals surface area contributed by atoms with Gasteiger partial charge in [0.1, 0.15) is 0 Å². The van der Waals surface area contributed by atoms with Crippen LogP contribution in [0.25, 0.3) is 0 Å². The normalized spacial score (nSPS) is 42.6. The molecule has 0 aliphatic heterocycles. The highest BCUT2D eigenvalue weighted by atomic mass is 19.3. The van der Waals surface area contributed by atoms with Gasteiger partial charge >= 0.3 is 11.8 Å². The summed E-state index contributed by atoms with van der Waals surface area (Å²) in [6, 6.07) is 0. The van der Waals surface area contributed by atoms with Crippen molar-refractivity contribution < 1.29 is 46.9 Å². The van der Waals surface area contributed by atoms with Crippen LogP contribution in [0.4, 0.5) is 22.0 Å². The van der Waals surface area contributed by atoms with E-state index in [1.807, 2.05) is 0 Å². The first-order valence-corrected chi connectivity index (χ1v) is 4.15. The summed E-state index contributed by atoms with van der Waals surface area (Å²) in [6.45, 7) is 0. The van der Waals surface area contributed by atoms with Crippen molar-refractivity contribution >= 4 is 11.9 Å². The van der Waals surface area contributed by atoms with Crippen molar-refractivity contribution in [3.63, 3.8) is 0 Å². The summed E-state index contributed by atoms with van der Waals surface area (Å²) in [5.74, 6) is -17.5. The number of alkyl halides is 5. The minimum atomic E-state index is -5.68. The molecule has 3 unspecified atom stereocenters. The summed E-state index contributed by atoms with van der Waals surface area (Å²) in [5.41, 5.74) is -10.5. The van der Waals surface area contributed by atoms with E-state index in [1.165, 1.54) is 0 Å². The monoisotopic (exact) mass is 274 g/mol. The lowest BCUT2D eigenvalue weighted by Gasteiger charge is -2.48. The topological polar surface area (TPSA) is 100 Å². The van der Waals surface area contributed by atoms with Crippen LogP contribution >= 0.6 is 0 Å². The Balaban J connectivity index is 3.70. The molecular formula is C8H3F5O5-2. The quantitative estimate of drug-likeness (QED) is 0.453. The molecule has 10 heteroatoms. The number of carbonyl (C=O) groups is 2. The largest absolute Gasteiger partial charge is 0.546 e. The molecule has 102 valence electrons. The van der Waals surface area contributed by atoms with Gasteiger partial charge in [-0.15, -0.1) is 0 Å². The third-order valence-electron chi connectivity index (χ3n) is 2.50. The Hall–Kier alpha value is -1.71. The molecule has 0 fully saturated rings. The van der Waals surface area contributed by atoms with E-state index in [4.69, 9.17) is 5.11 Å². The molecule has 0 aromatic rings. The van der Waals surface area contributed by atoms with Gasteiger partial charge < -0.3 is 24.9 Å². The second-order valence-electron chi connectivity index (χ2n) is 3.52. The van der Waals surface area contributed by atoms with Crippen molar-refractivity contribution in [2.45, 2.75) is 23.1 Å². The fraction of sp³-hybridized carbons (Fsp3) is 0.500. The fourth-order valence-electron chi connectivity index (χ4n) is 1.41. The Kier molecular flexibility index (Phi) is 2.71. The smallest absolute Gasteiger partial charge is 0.327 e. The predicted molar refractivity (Wildman–Crippen MR) is 37.8 cm³/mol. The molecule has 0 spiro atoms. The number of hydrogen-bond donors (Lipinski definition) is 1. The lowest BCUT2D eigenvalue weighted by molar-refractivity contribution is -0.382. The summed E-state index contributed by atoms with van der Waals surface area (Å²) in [6.07, 6.45) is -1.57. The lowest BCUT2D eigenvalue weighted by atomic mass is 9.73. The number of rotatable bonds is 2. The van der Waals surface area contributed by atoms with E-state index < -0.39 is 47.2 Å². The van der Waals surface area contributed by atoms with Crippen LogP contribution in [0.5, 0.6) is 0 Å². The third kappa shape index (κ3) is 1.29. The SMILES string of the molecule is O=C([O-])C1(F)C=CC(F)(F)C(O)(F)C1(F)C(=O)[O-]. The maximum Gasteiger partial charge on any atom is 0.327 e. The molecule has 1 aliphatic rings. The standard InChI is InChI=1S/C8H5F5O5/c9-5(3(14)15)1-2-6(10,11)8(13,18)7(5,12)4(16)17/h1-2,18H,(H,14,15)(H,16,17)/p-2. The van der Waals surface area contributed by atoms with Gasteiger partial charge in [-0.25, -0.2) is 13.2 Å². The van der Waals surface area contributed by atoms with Gasteiger partial charge in [0.25, 0.3) is 5.67 Å². The minimum absolute atomic E-state index is 0.758. The second-order valence-corrected chi connectivity index (χ2v) is 3.52. The van der Waals surface area contributed by atoms with Gasteiger partial charge in [-0.2, -0.15) is 8.78 Å². The first-order chi connectivity index (χ1) is 7.84. The lowest BCUT2D eigenvalue weighted by Crippen LogP contribution is -2.78. The van der Waals surface area contributed by atoms with Gasteiger partial charge in [-0.05, 0) is 12.2 Å². The molecule has 1 N–H and O–H groups in total. The molecule has 5 nitrogen and oxygen atoms in total. The molecule has 0 radical (unpaired) electrons. The molecule has 0 heterocycles. The maximum atomic E-state index is 13.7. The number of carboxylic acids is 2. The van der Waals surface area contributed by atoms with Gasteiger partial charge in [-0.1, -0.05) is 0 Å². The minimum Gasteiger partial charge on any atom is -0.546 e. The van der Waals surface area contributed by atoms with Crippen LogP contribution < -0.4 is 10.2 Å². The number of halogens is 5. The molecule has 0 aromatic carbocycles. The Bertz CT molecular complexity index is 447. The molecule has 1 aliphatic carbocycles. The van der Waals surface area contributed by atoms with Crippen LogP contribution in [-0.4, -0.2) is 40.2 Å². The highest BCUT2D eigenvalue weighted by Crippen LogP contribution is 2.52. The van der Waals surface area contributed by atoms with Crippen molar-refractivity contribution in [2.24, 2.45) is 0 Å². The zero-order valence-electron chi connectivity index (χ0n) is 8.12. The average Bonchev–Trinajstić information content (AvgIpc) is 2.21. The summed E-state index contributed by atoms with van der Waals surface area (Å²) in [7, 11) is 0. The molecule has 0 saturated heterocycles. The molecule has 0 saturated carbocycles. The van der Waals surface area contributed by atoms with Gasteiger partial charge in [0.15, 0.2) is 0 Å². The fourth-order valence-corrected chi connectivity index (χ4v) is 1.41. The van der Waals surface area contributed by atoms with Crippen LogP contribution in [0.1, 0.15) is 0 Å². The summed E-state index contributed by atoms with van der Waals surface area (Å²) < 4.78 is 66.1. The molecule has 1 rings (SSSR count). The van der Waals surface area contributed by atoms with Crippen LogP contribution in [-0.2, 0) is 9.59 Å². The van der Waals surface area contributed by atoms with Crippen molar-refractivity contribution in [2.75, 3.05) is 0 Å². The Morgan fingerprint density at radius 1 is 0.944 bits per heavy atom. The van der Waals surface area contributed by atoms with E-state index in [0.717, 1.165) is 0 Å². The molecule has 0 aromatic heterocycles. The molecular weight excluding hydrogens is 271 g/mol. The third-order valence-corrected chi connectivity index (χ3v) is 2.50. The van der Waals surface area contributed by atoms with Crippen molar-refractivity contribution in [1.29, 1.82) is 0 Å². The van der Waals surface area contributed by atoms with Gasteiger partial charge in [0.05, 0.1) is 11.9 Å². The maximum absolute atomic E-state index is 13.7. The van der Waals surface area contributed by atoms with Crippen LogP contribution in [0.15, 0.2) is 12.2 Å². The van der Waals surface area contributed by atoms with Crippen LogP contribution in [0.3, 0.4) is 0 Å². The second kappa shape index (κ2) is 3.40. The van der Waals surface area contributed by atoms with Crippen molar-refractivity contribution in [3.8, 4) is 0 Å². The molecule has 0 bridgehead atoms. The van der Waals surface area contributed by atoms with Gasteiger partial charge in [-0.3, -0.25) is 0 Å². The summed E-state index contributed by atoms with van der Waals surface area (Å²) >= 11 is 0. The van der Waals surface area contributed by atoms with E-state index in [0.29, 0.717) is 0 Å². The molecule has 0 amide bonds.